The molecule has 0 saturated carbocycles. The van der Waals surface area contributed by atoms with Crippen LogP contribution in [0.1, 0.15) is 54.3 Å². The molecule has 1 aromatic heterocycles. The van der Waals surface area contributed by atoms with E-state index in [2.05, 4.69) is 15.2 Å². The van der Waals surface area contributed by atoms with Gasteiger partial charge in [0, 0.05) is 20.0 Å². The summed E-state index contributed by atoms with van der Waals surface area (Å²) >= 11 is 0. The molecule has 0 radical (unpaired) electrons. The first-order chi connectivity index (χ1) is 16.0. The van der Waals surface area contributed by atoms with E-state index in [0.29, 0.717) is 17.8 Å². The van der Waals surface area contributed by atoms with Crippen molar-refractivity contribution in [2.24, 2.45) is 7.05 Å². The maximum atomic E-state index is 13.3. The maximum Gasteiger partial charge on any atom is 0.254 e. The molecule has 0 spiro atoms. The number of benzene rings is 2. The Hall–Kier alpha value is -3.68. The summed E-state index contributed by atoms with van der Waals surface area (Å²) in [4.78, 5) is 45.2. The van der Waals surface area contributed by atoms with Crippen molar-refractivity contribution in [2.45, 2.75) is 44.2 Å². The molecule has 2 aliphatic heterocycles. The van der Waals surface area contributed by atoms with Crippen LogP contribution in [0.15, 0.2) is 48.5 Å². The van der Waals surface area contributed by atoms with Gasteiger partial charge in [0.2, 0.25) is 11.8 Å². The van der Waals surface area contributed by atoms with E-state index in [-0.39, 0.29) is 36.6 Å². The molecule has 0 bridgehead atoms. The number of carbonyl (C=O) groups excluding carboxylic acids is 3. The molecule has 2 atom stereocenters. The summed E-state index contributed by atoms with van der Waals surface area (Å²) in [6.07, 6.45) is 3.27. The molecule has 1 fully saturated rings. The number of piperidine rings is 1. The van der Waals surface area contributed by atoms with Gasteiger partial charge in [-0.2, -0.15) is 0 Å². The average Bonchev–Trinajstić information content (AvgIpc) is 3.11. The van der Waals surface area contributed by atoms with Crippen molar-refractivity contribution in [1.82, 2.24) is 19.8 Å². The number of hydrogen-bond donors (Lipinski definition) is 2. The third kappa shape index (κ3) is 3.97. The molecule has 3 heterocycles. The fourth-order valence-corrected chi connectivity index (χ4v) is 4.89. The van der Waals surface area contributed by atoms with Crippen molar-refractivity contribution in [3.05, 3.63) is 59.9 Å². The number of aryl methyl sites for hydroxylation is 1. The van der Waals surface area contributed by atoms with Gasteiger partial charge < -0.3 is 20.1 Å². The molecule has 2 N–H and O–H groups in total. The van der Waals surface area contributed by atoms with Gasteiger partial charge in [0.1, 0.15) is 11.9 Å². The Kier molecular flexibility index (Phi) is 5.58. The van der Waals surface area contributed by atoms with E-state index in [0.717, 1.165) is 36.1 Å². The van der Waals surface area contributed by atoms with Crippen LogP contribution in [0.2, 0.25) is 0 Å². The Morgan fingerprint density at radius 2 is 1.88 bits per heavy atom. The van der Waals surface area contributed by atoms with Crippen LogP contribution < -0.4 is 10.6 Å². The predicted octanol–water partition coefficient (Wildman–Crippen LogP) is 3.16. The van der Waals surface area contributed by atoms with Crippen LogP contribution in [0, 0.1) is 0 Å². The second-order valence-corrected chi connectivity index (χ2v) is 8.72. The van der Waals surface area contributed by atoms with Gasteiger partial charge >= 0.3 is 0 Å². The minimum absolute atomic E-state index is 0.0180. The molecule has 1 saturated heterocycles. The number of likely N-dealkylation sites (tertiary alicyclic amines) is 1. The first-order valence-electron chi connectivity index (χ1n) is 11.4. The van der Waals surface area contributed by atoms with Crippen LogP contribution >= 0.6 is 0 Å². The van der Waals surface area contributed by atoms with E-state index < -0.39 is 6.04 Å². The number of nitrogens with zero attached hydrogens (tertiary/aromatic N) is 3. The van der Waals surface area contributed by atoms with Gasteiger partial charge in [-0.3, -0.25) is 14.4 Å². The third-order valence-electron chi connectivity index (χ3n) is 6.64. The highest BCUT2D eigenvalue weighted by Gasteiger charge is 2.33. The van der Waals surface area contributed by atoms with Gasteiger partial charge in [-0.1, -0.05) is 24.3 Å². The normalized spacial score (nSPS) is 20.7. The standard InChI is InChI=1S/C25H27N5O3/c1-29-20-11-5-4-10-18(20)26-23(29)21-12-6-7-15-30(21)22(31)14-13-19-25(33)27-17-9-3-2-8-16(17)24(32)28-19/h2-5,8-11,19,21H,6-7,12-15H2,1H3,(H,27,33)(H,28,32). The van der Waals surface area contributed by atoms with Crippen LogP contribution in [-0.2, 0) is 16.6 Å². The molecule has 0 aliphatic carbocycles. The number of rotatable bonds is 4. The van der Waals surface area contributed by atoms with Crippen LogP contribution in [-0.4, -0.2) is 44.8 Å². The Bertz CT molecular complexity index is 1230. The molecule has 33 heavy (non-hydrogen) atoms. The summed E-state index contributed by atoms with van der Waals surface area (Å²) in [5.74, 6) is 0.263. The number of anilines is 1. The van der Waals surface area contributed by atoms with Crippen molar-refractivity contribution in [3.63, 3.8) is 0 Å². The van der Waals surface area contributed by atoms with E-state index in [1.54, 1.807) is 24.3 Å². The lowest BCUT2D eigenvalue weighted by Gasteiger charge is -2.35. The molecule has 170 valence electrons. The lowest BCUT2D eigenvalue weighted by Crippen LogP contribution is -2.43. The van der Waals surface area contributed by atoms with Crippen LogP contribution in [0.4, 0.5) is 5.69 Å². The fourth-order valence-electron chi connectivity index (χ4n) is 4.89. The molecule has 3 aromatic rings. The summed E-state index contributed by atoms with van der Waals surface area (Å²) < 4.78 is 2.07. The van der Waals surface area contributed by atoms with E-state index >= 15 is 0 Å². The molecule has 8 heteroatoms. The van der Waals surface area contributed by atoms with Gasteiger partial charge in [0.05, 0.1) is 28.3 Å². The minimum Gasteiger partial charge on any atom is -0.340 e. The first kappa shape index (κ1) is 21.2. The van der Waals surface area contributed by atoms with Gasteiger partial charge in [0.25, 0.3) is 5.91 Å². The van der Waals surface area contributed by atoms with E-state index in [9.17, 15) is 14.4 Å². The molecule has 8 nitrogen and oxygen atoms in total. The largest absolute Gasteiger partial charge is 0.340 e. The predicted molar refractivity (Wildman–Crippen MR) is 125 cm³/mol. The summed E-state index contributed by atoms with van der Waals surface area (Å²) in [6, 6.07) is 14.0. The topological polar surface area (TPSA) is 96.3 Å². The number of amides is 3. The highest BCUT2D eigenvalue weighted by Crippen LogP contribution is 2.32. The molecule has 5 rings (SSSR count). The quantitative estimate of drug-likeness (QED) is 0.645. The number of hydrogen-bond acceptors (Lipinski definition) is 4. The third-order valence-corrected chi connectivity index (χ3v) is 6.64. The summed E-state index contributed by atoms with van der Waals surface area (Å²) in [6.45, 7) is 0.668. The minimum atomic E-state index is -0.757. The van der Waals surface area contributed by atoms with Gasteiger partial charge in [0.15, 0.2) is 0 Å². The fraction of sp³-hybridized carbons (Fsp3) is 0.360. The van der Waals surface area contributed by atoms with Crippen molar-refractivity contribution < 1.29 is 14.4 Å². The second-order valence-electron chi connectivity index (χ2n) is 8.72. The van der Waals surface area contributed by atoms with Crippen molar-refractivity contribution in [1.29, 1.82) is 0 Å². The average molecular weight is 446 g/mol. The molecule has 3 amide bonds. The van der Waals surface area contributed by atoms with Crippen LogP contribution in [0.25, 0.3) is 11.0 Å². The molecule has 2 aromatic carbocycles. The Balaban J connectivity index is 1.31. The number of nitrogens with one attached hydrogen (secondary N) is 2. The number of aromatic nitrogens is 2. The maximum absolute atomic E-state index is 13.3. The Morgan fingerprint density at radius 3 is 2.73 bits per heavy atom. The zero-order chi connectivity index (χ0) is 22.9. The highest BCUT2D eigenvalue weighted by molar-refractivity contribution is 6.09. The highest BCUT2D eigenvalue weighted by atomic mass is 16.2. The summed E-state index contributed by atoms with van der Waals surface area (Å²) in [5.41, 5.74) is 2.89. The van der Waals surface area contributed by atoms with Crippen molar-refractivity contribution >= 4 is 34.4 Å². The molecule has 2 unspecified atom stereocenters. The molecular formula is C25H27N5O3. The lowest BCUT2D eigenvalue weighted by molar-refractivity contribution is -0.135. The zero-order valence-electron chi connectivity index (χ0n) is 18.6. The number of carbonyl (C=O) groups is 3. The van der Waals surface area contributed by atoms with E-state index in [1.165, 1.54) is 0 Å². The van der Waals surface area contributed by atoms with E-state index in [4.69, 9.17) is 4.98 Å². The summed E-state index contributed by atoms with van der Waals surface area (Å²) in [5, 5.41) is 5.58. The van der Waals surface area contributed by atoms with E-state index in [1.807, 2.05) is 36.2 Å². The van der Waals surface area contributed by atoms with Gasteiger partial charge in [-0.15, -0.1) is 0 Å². The molecular weight excluding hydrogens is 418 g/mol. The lowest BCUT2D eigenvalue weighted by atomic mass is 10.00. The summed E-state index contributed by atoms with van der Waals surface area (Å²) in [7, 11) is 1.99. The van der Waals surface area contributed by atoms with Crippen LogP contribution in [0.5, 0.6) is 0 Å². The van der Waals surface area contributed by atoms with Crippen LogP contribution in [0.3, 0.4) is 0 Å². The van der Waals surface area contributed by atoms with Crippen molar-refractivity contribution in [2.75, 3.05) is 11.9 Å². The smallest absolute Gasteiger partial charge is 0.254 e. The number of para-hydroxylation sites is 3. The number of fused-ring (bicyclic) bond motifs is 2. The molecule has 2 aliphatic rings. The Labute approximate surface area is 192 Å². The van der Waals surface area contributed by atoms with Gasteiger partial charge in [-0.05, 0) is 49.9 Å². The monoisotopic (exact) mass is 445 g/mol. The van der Waals surface area contributed by atoms with Crippen molar-refractivity contribution in [3.8, 4) is 0 Å². The Morgan fingerprint density at radius 1 is 1.09 bits per heavy atom. The first-order valence-corrected chi connectivity index (χ1v) is 11.4. The zero-order valence-corrected chi connectivity index (χ0v) is 18.6. The second kappa shape index (κ2) is 8.69. The number of imidazole rings is 1. The SMILES string of the molecule is Cn1c(C2CCCCN2C(=O)CCC2NC(=O)c3ccccc3NC2=O)nc2ccccc21. The van der Waals surface area contributed by atoms with Gasteiger partial charge in [-0.25, -0.2) is 4.98 Å².